The fourth-order valence-corrected chi connectivity index (χ4v) is 15.4. The predicted octanol–water partition coefficient (Wildman–Crippen LogP) is 10.8. The lowest BCUT2D eigenvalue weighted by molar-refractivity contribution is 0.480. The highest BCUT2D eigenvalue weighted by atomic mass is 28.3. The minimum absolute atomic E-state index is 0.295. The third-order valence-corrected chi connectivity index (χ3v) is 18.5. The van der Waals surface area contributed by atoms with Crippen LogP contribution in [0.4, 0.5) is 0 Å². The number of para-hydroxylation sites is 3. The first-order chi connectivity index (χ1) is 32.2. The topological polar surface area (TPSA) is 23.4 Å². The number of fused-ring (bicyclic) bond motifs is 7. The number of benzene rings is 10. The summed E-state index contributed by atoms with van der Waals surface area (Å²) in [4.78, 5) is 0. The van der Waals surface area contributed by atoms with Crippen LogP contribution in [0.15, 0.2) is 243 Å². The molecule has 304 valence electrons. The zero-order valence-corrected chi connectivity index (χ0v) is 36.4. The van der Waals surface area contributed by atoms with Crippen molar-refractivity contribution in [1.82, 2.24) is 4.57 Å². The van der Waals surface area contributed by atoms with Gasteiger partial charge >= 0.3 is 6.92 Å². The van der Waals surface area contributed by atoms with E-state index >= 15 is 0 Å². The third-order valence-electron chi connectivity index (χ3n) is 13.7. The summed E-state index contributed by atoms with van der Waals surface area (Å²) in [6.07, 6.45) is 0. The summed E-state index contributed by atoms with van der Waals surface area (Å²) >= 11 is 0. The van der Waals surface area contributed by atoms with Crippen molar-refractivity contribution < 1.29 is 9.39 Å². The Morgan fingerprint density at radius 2 is 0.846 bits per heavy atom. The van der Waals surface area contributed by atoms with E-state index in [1.807, 2.05) is 0 Å². The van der Waals surface area contributed by atoms with E-state index in [0.29, 0.717) is 0 Å². The summed E-state index contributed by atoms with van der Waals surface area (Å²) in [5.74, 6) is 2.52. The van der Waals surface area contributed by atoms with E-state index in [2.05, 4.69) is 247 Å². The van der Waals surface area contributed by atoms with Crippen molar-refractivity contribution in [2.24, 2.45) is 0 Å². The first-order valence-corrected chi connectivity index (χ1v) is 24.3. The van der Waals surface area contributed by atoms with E-state index in [4.69, 9.17) is 9.39 Å². The van der Waals surface area contributed by atoms with E-state index < -0.39 is 8.07 Å². The molecule has 10 aromatic carbocycles. The van der Waals surface area contributed by atoms with Gasteiger partial charge in [-0.2, -0.15) is 0 Å². The van der Waals surface area contributed by atoms with Crippen LogP contribution in [0, 0.1) is 0 Å². The summed E-state index contributed by atoms with van der Waals surface area (Å²) in [5, 5.41) is 7.93. The number of hydrogen-bond acceptors (Lipinski definition) is 2. The summed E-state index contributed by atoms with van der Waals surface area (Å²) in [6, 6.07) is 88.3. The van der Waals surface area contributed by atoms with Gasteiger partial charge in [0.25, 0.3) is 0 Å². The standard InChI is InChI=1S/C60H40BNO2Si/c1-4-16-46(17-5-1)65(47-18-6-2-7-19-47,48-20-8-3-9-21-48)49-35-30-42(31-36-49)44-38-53-52-24-12-15-27-57(52)64-61-54-37-32-43(39-58(54)63-59(40-44)60(53)61)41-28-33-45(34-29-41)62-55-25-13-10-22-50(55)51-23-11-14-26-56(51)62/h1-40H. The molecule has 13 rings (SSSR count). The lowest BCUT2D eigenvalue weighted by Crippen LogP contribution is -2.74. The minimum Gasteiger partial charge on any atom is -0.551 e. The maximum Gasteiger partial charge on any atom is 0.434 e. The lowest BCUT2D eigenvalue weighted by Gasteiger charge is -2.34. The quantitative estimate of drug-likeness (QED) is 0.118. The molecule has 3 nitrogen and oxygen atoms in total. The van der Waals surface area contributed by atoms with E-state index in [0.717, 1.165) is 67.2 Å². The Morgan fingerprint density at radius 1 is 0.354 bits per heavy atom. The van der Waals surface area contributed by atoms with Crippen molar-refractivity contribution in [3.63, 3.8) is 0 Å². The average molecular weight is 846 g/mol. The van der Waals surface area contributed by atoms with Crippen molar-refractivity contribution in [3.8, 4) is 56.3 Å². The highest BCUT2D eigenvalue weighted by molar-refractivity contribution is 7.19. The normalized spacial score (nSPS) is 12.5. The number of rotatable bonds is 7. The van der Waals surface area contributed by atoms with Gasteiger partial charge in [0.05, 0.1) is 11.0 Å². The van der Waals surface area contributed by atoms with Gasteiger partial charge in [0, 0.05) is 32.9 Å². The maximum atomic E-state index is 7.02. The molecule has 0 saturated carbocycles. The molecular weight excluding hydrogens is 806 g/mol. The Morgan fingerprint density at radius 3 is 1.48 bits per heavy atom. The Bertz CT molecular complexity index is 3440. The lowest BCUT2D eigenvalue weighted by atomic mass is 9.50. The summed E-state index contributed by atoms with van der Waals surface area (Å²) in [7, 11) is -2.67. The van der Waals surface area contributed by atoms with Crippen molar-refractivity contribution in [1.29, 1.82) is 0 Å². The van der Waals surface area contributed by atoms with Crippen LogP contribution in [-0.4, -0.2) is 19.6 Å². The second-order valence-corrected chi connectivity index (χ2v) is 20.9. The number of hydrogen-bond donors (Lipinski definition) is 0. The van der Waals surface area contributed by atoms with Crippen LogP contribution in [0.25, 0.3) is 60.9 Å². The molecular formula is C60H40BNO2Si. The first-order valence-electron chi connectivity index (χ1n) is 22.3. The smallest absolute Gasteiger partial charge is 0.434 e. The molecule has 0 atom stereocenters. The Balaban J connectivity index is 0.898. The second-order valence-electron chi connectivity index (χ2n) is 17.1. The van der Waals surface area contributed by atoms with Crippen LogP contribution in [0.5, 0.6) is 17.2 Å². The molecule has 0 radical (unpaired) electrons. The molecule has 0 saturated heterocycles. The second kappa shape index (κ2) is 15.0. The van der Waals surface area contributed by atoms with E-state index in [1.165, 1.54) is 42.6 Å². The molecule has 5 heteroatoms. The highest BCUT2D eigenvalue weighted by Crippen LogP contribution is 2.42. The predicted molar refractivity (Wildman–Crippen MR) is 273 cm³/mol. The van der Waals surface area contributed by atoms with Gasteiger partial charge in [-0.15, -0.1) is 0 Å². The van der Waals surface area contributed by atoms with Gasteiger partial charge in [0.2, 0.25) is 0 Å². The Hall–Kier alpha value is -8.12. The molecule has 0 unspecified atom stereocenters. The van der Waals surface area contributed by atoms with Crippen molar-refractivity contribution in [2.75, 3.05) is 0 Å². The zero-order valence-electron chi connectivity index (χ0n) is 35.4. The molecule has 2 aliphatic heterocycles. The molecule has 0 aliphatic carbocycles. The molecule has 11 aromatic rings. The average Bonchev–Trinajstić information content (AvgIpc) is 3.72. The molecule has 1 aromatic heterocycles. The van der Waals surface area contributed by atoms with Gasteiger partial charge in [-0.3, -0.25) is 0 Å². The van der Waals surface area contributed by atoms with Crippen molar-refractivity contribution in [3.05, 3.63) is 243 Å². The molecule has 0 bridgehead atoms. The van der Waals surface area contributed by atoms with Crippen LogP contribution in [0.1, 0.15) is 0 Å². The van der Waals surface area contributed by atoms with Gasteiger partial charge in [-0.25, -0.2) is 0 Å². The van der Waals surface area contributed by atoms with E-state index in [-0.39, 0.29) is 6.92 Å². The van der Waals surface area contributed by atoms with Gasteiger partial charge < -0.3 is 14.0 Å². The van der Waals surface area contributed by atoms with Gasteiger partial charge in [-0.1, -0.05) is 194 Å². The number of ether oxygens (including phenoxy) is 1. The van der Waals surface area contributed by atoms with E-state index in [1.54, 1.807) is 0 Å². The maximum absolute atomic E-state index is 7.02. The first kappa shape index (κ1) is 37.4. The fraction of sp³-hybridized carbons (Fsp3) is 0. The fourth-order valence-electron chi connectivity index (χ4n) is 10.7. The molecule has 0 amide bonds. The van der Waals surface area contributed by atoms with E-state index in [9.17, 15) is 0 Å². The summed E-state index contributed by atoms with van der Waals surface area (Å²) < 4.78 is 16.3. The summed E-state index contributed by atoms with van der Waals surface area (Å²) in [5.41, 5.74) is 12.3. The SMILES string of the molecule is c1ccc([Si](c2ccccc2)(c2ccccc2)c2ccc(-c3cc4c5c(c3)-c3ccccc3OB5c3ccc(-c5ccc(-n6c7ccccc7c7ccccc76)cc5)cc3O4)cc2)cc1. The molecule has 0 spiro atoms. The zero-order chi connectivity index (χ0) is 42.9. The monoisotopic (exact) mass is 845 g/mol. The highest BCUT2D eigenvalue weighted by Gasteiger charge is 2.43. The van der Waals surface area contributed by atoms with Gasteiger partial charge in [-0.05, 0) is 97.1 Å². The summed E-state index contributed by atoms with van der Waals surface area (Å²) in [6.45, 7) is -0.295. The van der Waals surface area contributed by atoms with Crippen molar-refractivity contribution >= 4 is 68.5 Å². The van der Waals surface area contributed by atoms with Crippen LogP contribution < -0.4 is 41.1 Å². The largest absolute Gasteiger partial charge is 0.551 e. The minimum atomic E-state index is -2.67. The van der Waals surface area contributed by atoms with Gasteiger partial charge in [0.15, 0.2) is 8.07 Å². The van der Waals surface area contributed by atoms with Crippen LogP contribution in [0.2, 0.25) is 0 Å². The number of nitrogens with zero attached hydrogens (tertiary/aromatic N) is 1. The van der Waals surface area contributed by atoms with Crippen LogP contribution in [-0.2, 0) is 0 Å². The molecule has 3 heterocycles. The Labute approximate surface area is 379 Å². The number of aromatic nitrogens is 1. The molecule has 2 aliphatic rings. The van der Waals surface area contributed by atoms with Crippen LogP contribution in [0.3, 0.4) is 0 Å². The Kier molecular flexibility index (Phi) is 8.65. The molecule has 0 fully saturated rings. The molecule has 0 N–H and O–H groups in total. The molecule has 65 heavy (non-hydrogen) atoms. The van der Waals surface area contributed by atoms with Crippen molar-refractivity contribution in [2.45, 2.75) is 0 Å². The van der Waals surface area contributed by atoms with Crippen LogP contribution >= 0.6 is 0 Å². The van der Waals surface area contributed by atoms with Gasteiger partial charge in [0.1, 0.15) is 17.2 Å². The third kappa shape index (κ3) is 5.90.